The summed E-state index contributed by atoms with van der Waals surface area (Å²) in [5.74, 6) is 0. The molecule has 1 aliphatic rings. The molecule has 0 amide bonds. The predicted octanol–water partition coefficient (Wildman–Crippen LogP) is 3.43. The molecule has 0 saturated heterocycles. The zero-order chi connectivity index (χ0) is 12.5. The van der Waals surface area contributed by atoms with Crippen LogP contribution in [0.5, 0.6) is 0 Å². The summed E-state index contributed by atoms with van der Waals surface area (Å²) < 4.78 is 2.34. The van der Waals surface area contributed by atoms with E-state index >= 15 is 0 Å². The van der Waals surface area contributed by atoms with Crippen LogP contribution < -0.4 is 0 Å². The Balaban J connectivity index is 1.90. The molecule has 3 rings (SSSR count). The summed E-state index contributed by atoms with van der Waals surface area (Å²) in [6.07, 6.45) is 6.99. The number of rotatable bonds is 2. The molecule has 18 heavy (non-hydrogen) atoms. The highest BCUT2D eigenvalue weighted by Crippen LogP contribution is 2.21. The number of fused-ring (bicyclic) bond motifs is 1. The van der Waals surface area contributed by atoms with Gasteiger partial charge >= 0.3 is 0 Å². The van der Waals surface area contributed by atoms with E-state index in [1.54, 1.807) is 0 Å². The molecule has 2 nitrogen and oxygen atoms in total. The van der Waals surface area contributed by atoms with E-state index < -0.39 is 0 Å². The summed E-state index contributed by atoms with van der Waals surface area (Å²) in [6.45, 7) is 5.30. The maximum Gasteiger partial charge on any atom is 0.0954 e. The van der Waals surface area contributed by atoms with Crippen molar-refractivity contribution in [3.63, 3.8) is 0 Å². The van der Waals surface area contributed by atoms with Gasteiger partial charge in [0.15, 0.2) is 0 Å². The minimum absolute atomic E-state index is 0.963. The zero-order valence-electron chi connectivity index (χ0n) is 11.2. The number of aromatic nitrogens is 2. The van der Waals surface area contributed by atoms with Gasteiger partial charge in [-0.25, -0.2) is 4.98 Å². The molecular formula is C16H20N2. The molecular weight excluding hydrogens is 220 g/mol. The fourth-order valence-electron chi connectivity index (χ4n) is 3.02. The van der Waals surface area contributed by atoms with Crippen LogP contribution in [0.1, 0.15) is 40.9 Å². The van der Waals surface area contributed by atoms with Crippen LogP contribution in [0.15, 0.2) is 24.5 Å². The van der Waals surface area contributed by atoms with Crippen molar-refractivity contribution in [2.24, 2.45) is 0 Å². The van der Waals surface area contributed by atoms with Crippen LogP contribution in [0.3, 0.4) is 0 Å². The number of hydrogen-bond donors (Lipinski definition) is 0. The number of nitrogens with zero attached hydrogens (tertiary/aromatic N) is 2. The molecule has 0 radical (unpaired) electrons. The quantitative estimate of drug-likeness (QED) is 0.786. The van der Waals surface area contributed by atoms with Crippen molar-refractivity contribution >= 4 is 0 Å². The maximum absolute atomic E-state index is 4.56. The van der Waals surface area contributed by atoms with Crippen LogP contribution in [0, 0.1) is 13.8 Å². The molecule has 0 spiro atoms. The van der Waals surface area contributed by atoms with Gasteiger partial charge in [0.2, 0.25) is 0 Å². The van der Waals surface area contributed by atoms with Gasteiger partial charge in [-0.15, -0.1) is 0 Å². The second-order valence-corrected chi connectivity index (χ2v) is 5.47. The largest absolute Gasteiger partial charge is 0.330 e. The van der Waals surface area contributed by atoms with Crippen LogP contribution in [-0.2, 0) is 19.4 Å². The first kappa shape index (κ1) is 11.5. The molecule has 94 valence electrons. The Hall–Kier alpha value is -1.57. The van der Waals surface area contributed by atoms with E-state index in [-0.39, 0.29) is 0 Å². The maximum atomic E-state index is 4.56. The van der Waals surface area contributed by atoms with Crippen molar-refractivity contribution in [2.75, 3.05) is 0 Å². The van der Waals surface area contributed by atoms with Gasteiger partial charge in [-0.3, -0.25) is 0 Å². The van der Waals surface area contributed by atoms with E-state index in [2.05, 4.69) is 41.6 Å². The summed E-state index contributed by atoms with van der Waals surface area (Å²) >= 11 is 0. The lowest BCUT2D eigenvalue weighted by atomic mass is 10.0. The van der Waals surface area contributed by atoms with E-state index in [0.717, 1.165) is 13.0 Å². The monoisotopic (exact) mass is 240 g/mol. The Morgan fingerprint density at radius 1 is 1.06 bits per heavy atom. The number of hydrogen-bond acceptors (Lipinski definition) is 1. The summed E-state index contributed by atoms with van der Waals surface area (Å²) in [4.78, 5) is 4.56. The van der Waals surface area contributed by atoms with E-state index in [4.69, 9.17) is 0 Å². The molecule has 0 N–H and O–H groups in total. The Labute approximate surface area is 109 Å². The number of benzene rings is 1. The first-order valence-electron chi connectivity index (χ1n) is 6.82. The second-order valence-electron chi connectivity index (χ2n) is 5.47. The minimum atomic E-state index is 0.963. The molecule has 0 unspecified atom stereocenters. The van der Waals surface area contributed by atoms with Crippen molar-refractivity contribution in [1.29, 1.82) is 0 Å². The smallest absolute Gasteiger partial charge is 0.0954 e. The Kier molecular flexibility index (Phi) is 2.94. The van der Waals surface area contributed by atoms with Crippen LogP contribution in [0.25, 0.3) is 0 Å². The first-order chi connectivity index (χ1) is 8.72. The number of imidazole rings is 1. The van der Waals surface area contributed by atoms with E-state index in [1.807, 2.05) is 6.33 Å². The summed E-state index contributed by atoms with van der Waals surface area (Å²) in [5.41, 5.74) is 6.86. The Bertz CT molecular complexity index is 546. The van der Waals surface area contributed by atoms with Crippen molar-refractivity contribution in [3.8, 4) is 0 Å². The molecule has 0 fully saturated rings. The third-order valence-electron chi connectivity index (χ3n) is 3.74. The second kappa shape index (κ2) is 4.60. The average molecular weight is 240 g/mol. The van der Waals surface area contributed by atoms with Crippen molar-refractivity contribution in [1.82, 2.24) is 9.55 Å². The normalized spacial score (nSPS) is 14.6. The van der Waals surface area contributed by atoms with Crippen molar-refractivity contribution < 1.29 is 0 Å². The molecule has 0 bridgehead atoms. The molecule has 1 heterocycles. The third kappa shape index (κ3) is 2.20. The minimum Gasteiger partial charge on any atom is -0.330 e. The van der Waals surface area contributed by atoms with Gasteiger partial charge in [-0.2, -0.15) is 0 Å². The fourth-order valence-corrected chi connectivity index (χ4v) is 3.02. The van der Waals surface area contributed by atoms with Crippen LogP contribution in [0.4, 0.5) is 0 Å². The van der Waals surface area contributed by atoms with Gasteiger partial charge in [-0.1, -0.05) is 29.3 Å². The molecule has 0 aliphatic heterocycles. The fraction of sp³-hybridized carbons (Fsp3) is 0.438. The van der Waals surface area contributed by atoms with Gasteiger partial charge in [0.05, 0.1) is 12.0 Å². The summed E-state index contributed by atoms with van der Waals surface area (Å²) in [7, 11) is 0. The highest BCUT2D eigenvalue weighted by Gasteiger charge is 2.15. The average Bonchev–Trinajstić information content (AvgIpc) is 2.72. The highest BCUT2D eigenvalue weighted by molar-refractivity contribution is 5.29. The molecule has 2 heteroatoms. The van der Waals surface area contributed by atoms with Crippen LogP contribution in [0.2, 0.25) is 0 Å². The molecule has 1 aromatic carbocycles. The topological polar surface area (TPSA) is 17.8 Å². The molecule has 1 aliphatic carbocycles. The lowest BCUT2D eigenvalue weighted by Gasteiger charge is -2.14. The Morgan fingerprint density at radius 2 is 1.78 bits per heavy atom. The van der Waals surface area contributed by atoms with Crippen molar-refractivity contribution in [3.05, 3.63) is 52.6 Å². The first-order valence-corrected chi connectivity index (χ1v) is 6.82. The van der Waals surface area contributed by atoms with Crippen LogP contribution in [-0.4, -0.2) is 9.55 Å². The van der Waals surface area contributed by atoms with Gasteiger partial charge in [-0.05, 0) is 45.1 Å². The molecule has 1 aromatic heterocycles. The van der Waals surface area contributed by atoms with Gasteiger partial charge < -0.3 is 4.57 Å². The lowest BCUT2D eigenvalue weighted by molar-refractivity contribution is 0.628. The van der Waals surface area contributed by atoms with Gasteiger partial charge in [0, 0.05) is 12.2 Å². The van der Waals surface area contributed by atoms with Gasteiger partial charge in [0.25, 0.3) is 0 Å². The lowest BCUT2D eigenvalue weighted by Crippen LogP contribution is -2.09. The van der Waals surface area contributed by atoms with Crippen molar-refractivity contribution in [2.45, 2.75) is 46.1 Å². The summed E-state index contributed by atoms with van der Waals surface area (Å²) in [5, 5.41) is 0. The molecule has 2 aromatic rings. The number of aryl methyl sites for hydroxylation is 3. The Morgan fingerprint density at radius 3 is 2.56 bits per heavy atom. The summed E-state index contributed by atoms with van der Waals surface area (Å²) in [6, 6.07) is 6.79. The predicted molar refractivity (Wildman–Crippen MR) is 73.9 cm³/mol. The molecule has 0 atom stereocenters. The van der Waals surface area contributed by atoms with Crippen LogP contribution >= 0.6 is 0 Å². The SMILES string of the molecule is Cc1cc(C)cc(Cn2cnc3c2CCCC3)c1. The van der Waals surface area contributed by atoms with E-state index in [9.17, 15) is 0 Å². The molecule has 0 saturated carbocycles. The van der Waals surface area contributed by atoms with Gasteiger partial charge in [0.1, 0.15) is 0 Å². The van der Waals surface area contributed by atoms with E-state index in [1.165, 1.54) is 47.3 Å². The highest BCUT2D eigenvalue weighted by atomic mass is 15.1. The van der Waals surface area contributed by atoms with E-state index in [0.29, 0.717) is 0 Å². The standard InChI is InChI=1S/C16H20N2/c1-12-7-13(2)9-14(8-12)10-18-11-17-15-5-3-4-6-16(15)18/h7-9,11H,3-6,10H2,1-2H3. The third-order valence-corrected chi connectivity index (χ3v) is 3.74. The zero-order valence-corrected chi connectivity index (χ0v) is 11.2.